The molecule has 0 bridgehead atoms. The molecule has 0 atom stereocenters. The highest BCUT2D eigenvalue weighted by molar-refractivity contribution is 7.17. The van der Waals surface area contributed by atoms with E-state index in [-0.39, 0.29) is 24.5 Å². The van der Waals surface area contributed by atoms with Crippen molar-refractivity contribution in [2.24, 2.45) is 0 Å². The van der Waals surface area contributed by atoms with Gasteiger partial charge in [-0.3, -0.25) is 9.59 Å². The summed E-state index contributed by atoms with van der Waals surface area (Å²) in [6.07, 6.45) is 1.49. The first-order valence-corrected chi connectivity index (χ1v) is 7.63. The van der Waals surface area contributed by atoms with Gasteiger partial charge < -0.3 is 20.7 Å². The Labute approximate surface area is 127 Å². The van der Waals surface area contributed by atoms with E-state index >= 15 is 0 Å². The number of nitrogens with two attached hydrogens (primary N) is 1. The number of nitrogens with one attached hydrogen (secondary N) is 1. The SMILES string of the molecule is COCC(=O)N1CCC(NC(=O)c2sc(N)nc2C)CC1. The Morgan fingerprint density at radius 2 is 2.14 bits per heavy atom. The van der Waals surface area contributed by atoms with Gasteiger partial charge >= 0.3 is 0 Å². The summed E-state index contributed by atoms with van der Waals surface area (Å²) in [5.41, 5.74) is 6.26. The molecular weight excluding hydrogens is 292 g/mol. The molecule has 1 saturated heterocycles. The van der Waals surface area contributed by atoms with E-state index in [2.05, 4.69) is 10.3 Å². The molecule has 3 N–H and O–H groups in total. The van der Waals surface area contributed by atoms with Crippen LogP contribution >= 0.6 is 11.3 Å². The minimum atomic E-state index is -0.136. The van der Waals surface area contributed by atoms with E-state index in [1.165, 1.54) is 18.4 Å². The fourth-order valence-corrected chi connectivity index (χ4v) is 3.10. The van der Waals surface area contributed by atoms with Gasteiger partial charge in [0.25, 0.3) is 5.91 Å². The second kappa shape index (κ2) is 6.86. The zero-order valence-electron chi connectivity index (χ0n) is 12.2. The molecule has 0 aliphatic carbocycles. The molecule has 21 heavy (non-hydrogen) atoms. The van der Waals surface area contributed by atoms with Gasteiger partial charge in [-0.1, -0.05) is 11.3 Å². The lowest BCUT2D eigenvalue weighted by molar-refractivity contribution is -0.136. The molecule has 1 aliphatic rings. The molecular formula is C13H20N4O3S. The van der Waals surface area contributed by atoms with E-state index in [1.54, 1.807) is 11.8 Å². The van der Waals surface area contributed by atoms with E-state index in [9.17, 15) is 9.59 Å². The van der Waals surface area contributed by atoms with Gasteiger partial charge in [-0.15, -0.1) is 0 Å². The zero-order chi connectivity index (χ0) is 15.4. The summed E-state index contributed by atoms with van der Waals surface area (Å²) in [6.45, 7) is 3.15. The van der Waals surface area contributed by atoms with Crippen molar-refractivity contribution in [1.29, 1.82) is 0 Å². The Balaban J connectivity index is 1.85. The van der Waals surface area contributed by atoms with Crippen LogP contribution in [0, 0.1) is 6.92 Å². The van der Waals surface area contributed by atoms with Gasteiger partial charge in [-0.05, 0) is 19.8 Å². The maximum absolute atomic E-state index is 12.2. The third kappa shape index (κ3) is 3.92. The Hall–Kier alpha value is -1.67. The number of piperidine rings is 1. The van der Waals surface area contributed by atoms with Crippen LogP contribution in [-0.4, -0.2) is 54.5 Å². The monoisotopic (exact) mass is 312 g/mol. The number of aromatic nitrogens is 1. The summed E-state index contributed by atoms with van der Waals surface area (Å²) in [7, 11) is 1.51. The lowest BCUT2D eigenvalue weighted by Gasteiger charge is -2.32. The molecule has 1 aliphatic heterocycles. The standard InChI is InChI=1S/C13H20N4O3S/c1-8-11(21-13(14)15-8)12(19)16-9-3-5-17(6-4-9)10(18)7-20-2/h9H,3-7H2,1-2H3,(H2,14,15)(H,16,19). The smallest absolute Gasteiger partial charge is 0.263 e. The number of anilines is 1. The Kier molecular flexibility index (Phi) is 5.13. The van der Waals surface area contributed by atoms with Crippen LogP contribution in [0.4, 0.5) is 5.13 Å². The average molecular weight is 312 g/mol. The lowest BCUT2D eigenvalue weighted by atomic mass is 10.0. The Morgan fingerprint density at radius 3 is 2.67 bits per heavy atom. The molecule has 0 spiro atoms. The normalized spacial score (nSPS) is 16.0. The molecule has 1 aromatic heterocycles. The molecule has 2 heterocycles. The number of amides is 2. The topological polar surface area (TPSA) is 97.5 Å². The third-order valence-corrected chi connectivity index (χ3v) is 4.46. The van der Waals surface area contributed by atoms with E-state index in [4.69, 9.17) is 10.5 Å². The van der Waals surface area contributed by atoms with Crippen LogP contribution in [0.1, 0.15) is 28.2 Å². The summed E-state index contributed by atoms with van der Waals surface area (Å²) in [5, 5.41) is 3.39. The molecule has 0 unspecified atom stereocenters. The number of carbonyl (C=O) groups excluding carboxylic acids is 2. The Bertz CT molecular complexity index is 523. The van der Waals surface area contributed by atoms with Gasteiger partial charge in [0.05, 0.1) is 5.69 Å². The molecule has 7 nitrogen and oxygen atoms in total. The van der Waals surface area contributed by atoms with Crippen LogP contribution in [0.15, 0.2) is 0 Å². The van der Waals surface area contributed by atoms with Gasteiger partial charge in [0.15, 0.2) is 5.13 Å². The van der Waals surface area contributed by atoms with Gasteiger partial charge in [-0.2, -0.15) is 0 Å². The van der Waals surface area contributed by atoms with Crippen LogP contribution in [0.2, 0.25) is 0 Å². The fourth-order valence-electron chi connectivity index (χ4n) is 2.37. The first-order chi connectivity index (χ1) is 10.0. The quantitative estimate of drug-likeness (QED) is 0.839. The fraction of sp³-hybridized carbons (Fsp3) is 0.615. The lowest BCUT2D eigenvalue weighted by Crippen LogP contribution is -2.47. The van der Waals surface area contributed by atoms with Crippen molar-refractivity contribution < 1.29 is 14.3 Å². The first-order valence-electron chi connectivity index (χ1n) is 6.81. The van der Waals surface area contributed by atoms with Gasteiger partial charge in [0, 0.05) is 26.2 Å². The van der Waals surface area contributed by atoms with E-state index in [0.29, 0.717) is 28.8 Å². The van der Waals surface area contributed by atoms with Gasteiger partial charge in [0.1, 0.15) is 11.5 Å². The van der Waals surface area contributed by atoms with Crippen LogP contribution in [0.3, 0.4) is 0 Å². The summed E-state index contributed by atoms with van der Waals surface area (Å²) in [5.74, 6) is -0.142. The van der Waals surface area contributed by atoms with Gasteiger partial charge in [-0.25, -0.2) is 4.98 Å². The number of ether oxygens (including phenoxy) is 1. The minimum absolute atomic E-state index is 0.00616. The van der Waals surface area contributed by atoms with Crippen molar-refractivity contribution >= 4 is 28.3 Å². The van der Waals surface area contributed by atoms with Crippen LogP contribution in [0.5, 0.6) is 0 Å². The summed E-state index contributed by atoms with van der Waals surface area (Å²) in [4.78, 5) is 30.2. The molecule has 0 radical (unpaired) electrons. The number of nitrogen functional groups attached to an aromatic ring is 1. The average Bonchev–Trinajstić information content (AvgIpc) is 2.79. The van der Waals surface area contributed by atoms with Crippen LogP contribution < -0.4 is 11.1 Å². The largest absolute Gasteiger partial charge is 0.375 e. The second-order valence-electron chi connectivity index (χ2n) is 5.03. The number of rotatable bonds is 4. The highest BCUT2D eigenvalue weighted by Gasteiger charge is 2.25. The second-order valence-corrected chi connectivity index (χ2v) is 6.06. The minimum Gasteiger partial charge on any atom is -0.375 e. The van der Waals surface area contributed by atoms with Crippen LogP contribution in [-0.2, 0) is 9.53 Å². The number of thiazole rings is 1. The maximum atomic E-state index is 12.2. The van der Waals surface area contributed by atoms with E-state index in [1.807, 2.05) is 0 Å². The number of aryl methyl sites for hydroxylation is 1. The van der Waals surface area contributed by atoms with E-state index in [0.717, 1.165) is 12.8 Å². The van der Waals surface area contributed by atoms with Crippen molar-refractivity contribution in [2.45, 2.75) is 25.8 Å². The van der Waals surface area contributed by atoms with Gasteiger partial charge in [0.2, 0.25) is 5.91 Å². The number of hydrogen-bond donors (Lipinski definition) is 2. The molecule has 2 rings (SSSR count). The van der Waals surface area contributed by atoms with Crippen molar-refractivity contribution in [3.8, 4) is 0 Å². The third-order valence-electron chi connectivity index (χ3n) is 3.47. The molecule has 0 aromatic carbocycles. The highest BCUT2D eigenvalue weighted by atomic mass is 32.1. The summed E-state index contributed by atoms with van der Waals surface area (Å²) < 4.78 is 4.84. The van der Waals surface area contributed by atoms with Crippen molar-refractivity contribution in [3.05, 3.63) is 10.6 Å². The molecule has 8 heteroatoms. The number of hydrogen-bond acceptors (Lipinski definition) is 6. The Morgan fingerprint density at radius 1 is 1.48 bits per heavy atom. The first kappa shape index (κ1) is 15.7. The van der Waals surface area contributed by atoms with Crippen LogP contribution in [0.25, 0.3) is 0 Å². The molecule has 1 aromatic rings. The zero-order valence-corrected chi connectivity index (χ0v) is 13.0. The number of nitrogens with zero attached hydrogens (tertiary/aromatic N) is 2. The summed E-state index contributed by atoms with van der Waals surface area (Å²) in [6, 6.07) is 0.0758. The van der Waals surface area contributed by atoms with E-state index < -0.39 is 0 Å². The predicted molar refractivity (Wildman–Crippen MR) is 80.2 cm³/mol. The predicted octanol–water partition coefficient (Wildman–Crippen LogP) is 0.401. The van der Waals surface area contributed by atoms with Crippen molar-refractivity contribution in [3.63, 3.8) is 0 Å². The molecule has 2 amide bonds. The number of carbonyl (C=O) groups is 2. The molecule has 116 valence electrons. The number of likely N-dealkylation sites (tertiary alicyclic amines) is 1. The highest BCUT2D eigenvalue weighted by Crippen LogP contribution is 2.20. The molecule has 1 fully saturated rings. The summed E-state index contributed by atoms with van der Waals surface area (Å²) >= 11 is 1.20. The van der Waals surface area contributed by atoms with Crippen molar-refractivity contribution in [2.75, 3.05) is 32.5 Å². The molecule has 0 saturated carbocycles. The van der Waals surface area contributed by atoms with Crippen molar-refractivity contribution in [1.82, 2.24) is 15.2 Å². The maximum Gasteiger partial charge on any atom is 0.263 e. The number of methoxy groups -OCH3 is 1.